The minimum absolute atomic E-state index is 0.0399. The van der Waals surface area contributed by atoms with Crippen LogP contribution in [0.2, 0.25) is 5.02 Å². The number of benzene rings is 1. The van der Waals surface area contributed by atoms with E-state index in [0.29, 0.717) is 16.3 Å². The highest BCUT2D eigenvalue weighted by Gasteiger charge is 2.33. The van der Waals surface area contributed by atoms with Gasteiger partial charge >= 0.3 is 5.97 Å². The fourth-order valence-electron chi connectivity index (χ4n) is 2.16. The lowest BCUT2D eigenvalue weighted by Gasteiger charge is -2.07. The standard InChI is InChI=1S/C13H11ClFN3O2/c14-9-4-3-8(10(15)5-9)6-18-12(7-1-2-7)11(13(19)20)16-17-18/h3-5,7H,1-2,6H2,(H,19,20). The first-order valence-electron chi connectivity index (χ1n) is 6.17. The molecule has 0 spiro atoms. The molecule has 2 aromatic rings. The van der Waals surface area contributed by atoms with Gasteiger partial charge in [-0.15, -0.1) is 5.10 Å². The number of rotatable bonds is 4. The summed E-state index contributed by atoms with van der Waals surface area (Å²) in [6.45, 7) is 0.148. The Bertz CT molecular complexity index is 682. The van der Waals surface area contributed by atoms with Crippen molar-refractivity contribution < 1.29 is 14.3 Å². The van der Waals surface area contributed by atoms with E-state index in [0.717, 1.165) is 12.8 Å². The number of hydrogen-bond donors (Lipinski definition) is 1. The molecule has 1 heterocycles. The summed E-state index contributed by atoms with van der Waals surface area (Å²) >= 11 is 5.70. The summed E-state index contributed by atoms with van der Waals surface area (Å²) in [4.78, 5) is 11.1. The van der Waals surface area contributed by atoms with Gasteiger partial charge in [-0.3, -0.25) is 0 Å². The first-order valence-corrected chi connectivity index (χ1v) is 6.54. The number of halogens is 2. The lowest BCUT2D eigenvalue weighted by Crippen LogP contribution is -2.09. The fourth-order valence-corrected chi connectivity index (χ4v) is 2.32. The first-order chi connectivity index (χ1) is 9.56. The van der Waals surface area contributed by atoms with Gasteiger partial charge < -0.3 is 5.11 Å². The molecule has 1 aliphatic carbocycles. The molecule has 5 nitrogen and oxygen atoms in total. The summed E-state index contributed by atoms with van der Waals surface area (Å²) in [7, 11) is 0. The maximum atomic E-state index is 13.8. The largest absolute Gasteiger partial charge is 0.476 e. The highest BCUT2D eigenvalue weighted by atomic mass is 35.5. The maximum absolute atomic E-state index is 13.8. The van der Waals surface area contributed by atoms with E-state index in [1.165, 1.54) is 10.7 Å². The summed E-state index contributed by atoms with van der Waals surface area (Å²) in [6.07, 6.45) is 1.83. The van der Waals surface area contributed by atoms with E-state index in [2.05, 4.69) is 10.3 Å². The maximum Gasteiger partial charge on any atom is 0.358 e. The number of carboxylic acids is 1. The van der Waals surface area contributed by atoms with Gasteiger partial charge in [0, 0.05) is 16.5 Å². The topological polar surface area (TPSA) is 68.0 Å². The quantitative estimate of drug-likeness (QED) is 0.941. The lowest BCUT2D eigenvalue weighted by molar-refractivity contribution is 0.0689. The highest BCUT2D eigenvalue weighted by molar-refractivity contribution is 6.30. The molecule has 0 amide bonds. The normalized spacial score (nSPS) is 14.5. The zero-order valence-electron chi connectivity index (χ0n) is 10.4. The monoisotopic (exact) mass is 295 g/mol. The molecule has 7 heteroatoms. The lowest BCUT2D eigenvalue weighted by atomic mass is 10.2. The molecule has 104 valence electrons. The average Bonchev–Trinajstić information content (AvgIpc) is 3.13. The van der Waals surface area contributed by atoms with Gasteiger partial charge in [-0.1, -0.05) is 22.9 Å². The molecule has 3 rings (SSSR count). The molecule has 1 fully saturated rings. The molecular weight excluding hydrogens is 285 g/mol. The average molecular weight is 296 g/mol. The van der Waals surface area contributed by atoms with Gasteiger partial charge in [0.05, 0.1) is 12.2 Å². The second-order valence-corrected chi connectivity index (χ2v) is 5.23. The van der Waals surface area contributed by atoms with E-state index >= 15 is 0 Å². The van der Waals surface area contributed by atoms with Gasteiger partial charge in [0.2, 0.25) is 0 Å². The molecular formula is C13H11ClFN3O2. The summed E-state index contributed by atoms with van der Waals surface area (Å²) in [5.74, 6) is -1.38. The highest BCUT2D eigenvalue weighted by Crippen LogP contribution is 2.41. The van der Waals surface area contributed by atoms with E-state index < -0.39 is 11.8 Å². The van der Waals surface area contributed by atoms with Crippen LogP contribution in [0, 0.1) is 5.82 Å². The van der Waals surface area contributed by atoms with Crippen molar-refractivity contribution in [3.63, 3.8) is 0 Å². The van der Waals surface area contributed by atoms with E-state index in [9.17, 15) is 9.18 Å². The summed E-state index contributed by atoms with van der Waals surface area (Å²) in [5, 5.41) is 17.0. The second-order valence-electron chi connectivity index (χ2n) is 4.80. The van der Waals surface area contributed by atoms with E-state index in [4.69, 9.17) is 16.7 Å². The number of hydrogen-bond acceptors (Lipinski definition) is 3. The Balaban J connectivity index is 1.96. The first kappa shape index (κ1) is 13.1. The predicted octanol–water partition coefficient (Wildman–Crippen LogP) is 2.69. The van der Waals surface area contributed by atoms with Gasteiger partial charge in [0.25, 0.3) is 0 Å². The van der Waals surface area contributed by atoms with Crippen LogP contribution in [0.15, 0.2) is 18.2 Å². The number of aromatic nitrogens is 3. The van der Waals surface area contributed by atoms with Gasteiger partial charge in [0.15, 0.2) is 5.69 Å². The Hall–Kier alpha value is -1.95. The summed E-state index contributed by atoms with van der Waals surface area (Å²) < 4.78 is 15.3. The number of aromatic carboxylic acids is 1. The van der Waals surface area contributed by atoms with Gasteiger partial charge in [0.1, 0.15) is 5.82 Å². The molecule has 1 saturated carbocycles. The van der Waals surface area contributed by atoms with Crippen molar-refractivity contribution in [2.75, 3.05) is 0 Å². The molecule has 0 bridgehead atoms. The van der Waals surface area contributed by atoms with Gasteiger partial charge in [-0.25, -0.2) is 13.9 Å². The van der Waals surface area contributed by atoms with Crippen molar-refractivity contribution in [2.45, 2.75) is 25.3 Å². The molecule has 1 N–H and O–H groups in total. The van der Waals surface area contributed by atoms with Crippen molar-refractivity contribution >= 4 is 17.6 Å². The SMILES string of the molecule is O=C(O)c1nnn(Cc2ccc(Cl)cc2F)c1C1CC1. The Labute approximate surface area is 119 Å². The Morgan fingerprint density at radius 3 is 2.85 bits per heavy atom. The minimum Gasteiger partial charge on any atom is -0.476 e. The third-order valence-corrected chi connectivity index (χ3v) is 3.51. The minimum atomic E-state index is -1.10. The van der Waals surface area contributed by atoms with Crippen LogP contribution in [0.1, 0.15) is 40.5 Å². The number of carboxylic acid groups (broad SMARTS) is 1. The van der Waals surface area contributed by atoms with Crippen LogP contribution < -0.4 is 0 Å². The van der Waals surface area contributed by atoms with Gasteiger partial charge in [-0.05, 0) is 25.0 Å². The third-order valence-electron chi connectivity index (χ3n) is 3.28. The summed E-state index contributed by atoms with van der Waals surface area (Å²) in [5.41, 5.74) is 0.937. The van der Waals surface area contributed by atoms with Crippen LogP contribution in [0.25, 0.3) is 0 Å². The smallest absolute Gasteiger partial charge is 0.358 e. The van der Waals surface area contributed by atoms with Crippen molar-refractivity contribution in [3.05, 3.63) is 46.0 Å². The van der Waals surface area contributed by atoms with E-state index in [-0.39, 0.29) is 18.2 Å². The fraction of sp³-hybridized carbons (Fsp3) is 0.308. The number of carbonyl (C=O) groups is 1. The van der Waals surface area contributed by atoms with Crippen molar-refractivity contribution in [3.8, 4) is 0 Å². The molecule has 0 aliphatic heterocycles. The molecule has 0 saturated heterocycles. The van der Waals surface area contributed by atoms with Crippen LogP contribution in [0.5, 0.6) is 0 Å². The molecule has 0 unspecified atom stereocenters. The summed E-state index contributed by atoms with van der Waals surface area (Å²) in [6, 6.07) is 4.38. The van der Waals surface area contributed by atoms with Crippen LogP contribution >= 0.6 is 11.6 Å². The van der Waals surface area contributed by atoms with E-state index in [1.807, 2.05) is 0 Å². The Morgan fingerprint density at radius 2 is 2.25 bits per heavy atom. The molecule has 0 atom stereocenters. The van der Waals surface area contributed by atoms with Crippen LogP contribution in [-0.4, -0.2) is 26.1 Å². The Kier molecular flexibility index (Phi) is 3.17. The number of nitrogens with zero attached hydrogens (tertiary/aromatic N) is 3. The van der Waals surface area contributed by atoms with Crippen LogP contribution in [0.3, 0.4) is 0 Å². The zero-order chi connectivity index (χ0) is 14.3. The van der Waals surface area contributed by atoms with Crippen molar-refractivity contribution in [2.24, 2.45) is 0 Å². The van der Waals surface area contributed by atoms with Crippen LogP contribution in [-0.2, 0) is 6.54 Å². The second kappa shape index (κ2) is 4.86. The zero-order valence-corrected chi connectivity index (χ0v) is 11.1. The third kappa shape index (κ3) is 2.38. The van der Waals surface area contributed by atoms with Gasteiger partial charge in [-0.2, -0.15) is 0 Å². The molecule has 20 heavy (non-hydrogen) atoms. The predicted molar refractivity (Wildman–Crippen MR) is 69.5 cm³/mol. The molecule has 1 aliphatic rings. The van der Waals surface area contributed by atoms with Crippen LogP contribution in [0.4, 0.5) is 4.39 Å². The molecule has 1 aromatic carbocycles. The Morgan fingerprint density at radius 1 is 1.50 bits per heavy atom. The van der Waals surface area contributed by atoms with Crippen molar-refractivity contribution in [1.29, 1.82) is 0 Å². The van der Waals surface area contributed by atoms with E-state index in [1.54, 1.807) is 12.1 Å². The molecule has 0 radical (unpaired) electrons. The molecule has 1 aromatic heterocycles. The van der Waals surface area contributed by atoms with Crippen molar-refractivity contribution in [1.82, 2.24) is 15.0 Å².